The lowest BCUT2D eigenvalue weighted by molar-refractivity contribution is 0.0668. The number of rotatable bonds is 7. The molecule has 8 nitrogen and oxygen atoms in total. The summed E-state index contributed by atoms with van der Waals surface area (Å²) in [6, 6.07) is 1.17. The topological polar surface area (TPSA) is 112 Å². The fourth-order valence-electron chi connectivity index (χ4n) is 4.60. The minimum absolute atomic E-state index is 0.00171. The van der Waals surface area contributed by atoms with Crippen LogP contribution in [0.2, 0.25) is 0 Å². The van der Waals surface area contributed by atoms with Crippen LogP contribution in [-0.4, -0.2) is 58.8 Å². The normalized spacial score (nSPS) is 18.4. The third-order valence-corrected chi connectivity index (χ3v) is 6.40. The molecule has 0 spiro atoms. The number of aromatic carboxylic acids is 1. The van der Waals surface area contributed by atoms with Gasteiger partial charge in [0.05, 0.1) is 24.1 Å². The van der Waals surface area contributed by atoms with E-state index < -0.39 is 23.3 Å². The molecule has 2 aliphatic rings. The van der Waals surface area contributed by atoms with Gasteiger partial charge in [-0.1, -0.05) is 0 Å². The zero-order valence-electron chi connectivity index (χ0n) is 17.4. The molecule has 1 aliphatic heterocycles. The van der Waals surface area contributed by atoms with Crippen LogP contribution in [0.25, 0.3) is 10.9 Å². The van der Waals surface area contributed by atoms with Gasteiger partial charge in [0.15, 0.2) is 11.6 Å². The van der Waals surface area contributed by atoms with Gasteiger partial charge in [-0.2, -0.15) is 0 Å². The van der Waals surface area contributed by atoms with E-state index in [9.17, 15) is 19.8 Å². The van der Waals surface area contributed by atoms with E-state index in [1.165, 1.54) is 13.3 Å². The number of aliphatic hydroxyl groups excluding tert-OH is 2. The second kappa shape index (κ2) is 8.47. The fraction of sp³-hybridized carbons (Fsp3) is 0.545. The maximum absolute atomic E-state index is 15.3. The Morgan fingerprint density at radius 3 is 2.52 bits per heavy atom. The Labute approximate surface area is 178 Å². The summed E-state index contributed by atoms with van der Waals surface area (Å²) in [4.78, 5) is 26.2. The highest BCUT2D eigenvalue weighted by atomic mass is 19.1. The van der Waals surface area contributed by atoms with Gasteiger partial charge in [-0.25, -0.2) is 9.18 Å². The van der Waals surface area contributed by atoms with E-state index in [1.807, 2.05) is 4.90 Å². The van der Waals surface area contributed by atoms with Crippen molar-refractivity contribution in [2.75, 3.05) is 31.7 Å². The Morgan fingerprint density at radius 1 is 1.29 bits per heavy atom. The van der Waals surface area contributed by atoms with Gasteiger partial charge >= 0.3 is 5.97 Å². The Kier molecular flexibility index (Phi) is 5.90. The van der Waals surface area contributed by atoms with Crippen molar-refractivity contribution in [2.45, 2.75) is 44.2 Å². The quantitative estimate of drug-likeness (QED) is 0.612. The molecule has 3 N–H and O–H groups in total. The minimum atomic E-state index is -1.34. The molecule has 1 unspecified atom stereocenters. The van der Waals surface area contributed by atoms with Crippen molar-refractivity contribution in [3.8, 4) is 5.75 Å². The number of hydrogen-bond acceptors (Lipinski definition) is 6. The third kappa shape index (κ3) is 3.87. The fourth-order valence-corrected chi connectivity index (χ4v) is 4.60. The maximum atomic E-state index is 15.3. The van der Waals surface area contributed by atoms with Crippen LogP contribution >= 0.6 is 0 Å². The number of halogens is 1. The summed E-state index contributed by atoms with van der Waals surface area (Å²) in [5, 5.41) is 28.7. The van der Waals surface area contributed by atoms with E-state index in [1.54, 1.807) is 4.57 Å². The Morgan fingerprint density at radius 2 is 1.97 bits per heavy atom. The van der Waals surface area contributed by atoms with Crippen LogP contribution in [0.4, 0.5) is 10.1 Å². The van der Waals surface area contributed by atoms with Gasteiger partial charge in [0, 0.05) is 31.9 Å². The van der Waals surface area contributed by atoms with Crippen LogP contribution in [0.1, 0.15) is 48.5 Å². The number of aliphatic hydroxyl groups is 2. The first-order valence-corrected chi connectivity index (χ1v) is 10.6. The monoisotopic (exact) mass is 434 g/mol. The summed E-state index contributed by atoms with van der Waals surface area (Å²) in [5.41, 5.74) is -0.443. The van der Waals surface area contributed by atoms with Crippen molar-refractivity contribution in [3.63, 3.8) is 0 Å². The number of piperidine rings is 1. The molecule has 4 rings (SSSR count). The third-order valence-electron chi connectivity index (χ3n) is 6.40. The van der Waals surface area contributed by atoms with Crippen LogP contribution in [-0.2, 0) is 0 Å². The van der Waals surface area contributed by atoms with Gasteiger partial charge in [-0.05, 0) is 44.1 Å². The Balaban J connectivity index is 1.80. The standard InChI is InChI=1S/C22H27FN2O6/c1-31-21-18-14(20(28)15(22(29)30)11-25(18)13-2-3-13)10-16(23)19(21)24-7-4-12(5-8-24)17(27)6-9-26/h10-13,17,26-27H,2-9H2,1H3,(H,29,30). The molecule has 0 amide bonds. The molecule has 1 saturated carbocycles. The second-order valence-corrected chi connectivity index (χ2v) is 8.36. The molecule has 31 heavy (non-hydrogen) atoms. The number of fused-ring (bicyclic) bond motifs is 1. The summed E-state index contributed by atoms with van der Waals surface area (Å²) < 4.78 is 22.6. The van der Waals surface area contributed by atoms with Gasteiger partial charge in [0.1, 0.15) is 11.3 Å². The highest BCUT2D eigenvalue weighted by Gasteiger charge is 2.33. The molecule has 2 fully saturated rings. The highest BCUT2D eigenvalue weighted by Crippen LogP contribution is 2.44. The Hall–Kier alpha value is -2.65. The number of pyridine rings is 1. The summed E-state index contributed by atoms with van der Waals surface area (Å²) in [6.45, 7) is 0.908. The van der Waals surface area contributed by atoms with E-state index in [4.69, 9.17) is 9.84 Å². The first kappa shape index (κ1) is 21.6. The van der Waals surface area contributed by atoms with Crippen LogP contribution in [0.15, 0.2) is 17.1 Å². The SMILES string of the molecule is COc1c(N2CCC(C(O)CCO)CC2)c(F)cc2c(=O)c(C(=O)O)cn(C3CC3)c12. The molecule has 1 aliphatic carbocycles. The van der Waals surface area contributed by atoms with Gasteiger partial charge in [0.25, 0.3) is 0 Å². The second-order valence-electron chi connectivity index (χ2n) is 8.36. The van der Waals surface area contributed by atoms with Crippen molar-refractivity contribution in [1.82, 2.24) is 4.57 Å². The molecule has 2 heterocycles. The van der Waals surface area contributed by atoms with Gasteiger partial charge in [0.2, 0.25) is 5.43 Å². The van der Waals surface area contributed by atoms with E-state index >= 15 is 4.39 Å². The van der Waals surface area contributed by atoms with Crippen molar-refractivity contribution in [1.29, 1.82) is 0 Å². The van der Waals surface area contributed by atoms with Crippen molar-refractivity contribution >= 4 is 22.6 Å². The lowest BCUT2D eigenvalue weighted by atomic mass is 9.89. The highest BCUT2D eigenvalue weighted by molar-refractivity contribution is 5.97. The van der Waals surface area contributed by atoms with E-state index in [2.05, 4.69) is 0 Å². The van der Waals surface area contributed by atoms with Crippen LogP contribution in [0.3, 0.4) is 0 Å². The summed E-state index contributed by atoms with van der Waals surface area (Å²) in [6.07, 6.45) is 4.03. The van der Waals surface area contributed by atoms with Crippen LogP contribution in [0.5, 0.6) is 5.75 Å². The summed E-state index contributed by atoms with van der Waals surface area (Å²) >= 11 is 0. The van der Waals surface area contributed by atoms with Gasteiger partial charge < -0.3 is 29.5 Å². The number of aromatic nitrogens is 1. The number of benzene rings is 1. The number of ether oxygens (including phenoxy) is 1. The average molecular weight is 434 g/mol. The molecule has 1 aromatic carbocycles. The van der Waals surface area contributed by atoms with Crippen molar-refractivity contribution in [3.05, 3.63) is 33.9 Å². The molecule has 1 aromatic heterocycles. The van der Waals surface area contributed by atoms with Crippen LogP contribution in [0, 0.1) is 11.7 Å². The number of carboxylic acids is 1. The molecule has 168 valence electrons. The predicted octanol–water partition coefficient (Wildman–Crippen LogP) is 2.14. The molecule has 0 bridgehead atoms. The lowest BCUT2D eigenvalue weighted by Gasteiger charge is -2.36. The van der Waals surface area contributed by atoms with E-state index in [0.717, 1.165) is 18.9 Å². The number of anilines is 1. The molecule has 1 saturated heterocycles. The minimum Gasteiger partial charge on any atom is -0.492 e. The Bertz CT molecular complexity index is 1060. The number of hydrogen-bond donors (Lipinski definition) is 3. The number of carboxylic acid groups (broad SMARTS) is 1. The molecule has 0 radical (unpaired) electrons. The number of nitrogens with zero attached hydrogens (tertiary/aromatic N) is 2. The summed E-state index contributed by atoms with van der Waals surface area (Å²) in [5.74, 6) is -1.72. The van der Waals surface area contributed by atoms with Gasteiger partial charge in [-0.3, -0.25) is 4.79 Å². The average Bonchev–Trinajstić information content (AvgIpc) is 3.59. The largest absolute Gasteiger partial charge is 0.492 e. The molecule has 9 heteroatoms. The maximum Gasteiger partial charge on any atom is 0.341 e. The molecular formula is C22H27FN2O6. The number of carbonyl (C=O) groups is 1. The number of methoxy groups -OCH3 is 1. The van der Waals surface area contributed by atoms with Crippen LogP contribution < -0.4 is 15.1 Å². The summed E-state index contributed by atoms with van der Waals surface area (Å²) in [7, 11) is 1.42. The zero-order chi connectivity index (χ0) is 22.3. The molecular weight excluding hydrogens is 407 g/mol. The first-order chi connectivity index (χ1) is 14.9. The smallest absolute Gasteiger partial charge is 0.341 e. The van der Waals surface area contributed by atoms with Gasteiger partial charge in [-0.15, -0.1) is 0 Å². The molecule has 1 atom stereocenters. The first-order valence-electron chi connectivity index (χ1n) is 10.6. The molecule has 2 aromatic rings. The zero-order valence-corrected chi connectivity index (χ0v) is 17.4. The van der Waals surface area contributed by atoms with E-state index in [0.29, 0.717) is 37.9 Å². The predicted molar refractivity (Wildman–Crippen MR) is 113 cm³/mol. The van der Waals surface area contributed by atoms with Crippen molar-refractivity contribution in [2.24, 2.45) is 5.92 Å². The lowest BCUT2D eigenvalue weighted by Crippen LogP contribution is -2.38. The van der Waals surface area contributed by atoms with Crippen molar-refractivity contribution < 1.29 is 29.2 Å². The van der Waals surface area contributed by atoms with E-state index in [-0.39, 0.29) is 41.0 Å².